The lowest BCUT2D eigenvalue weighted by Crippen LogP contribution is -2.36. The van der Waals surface area contributed by atoms with Crippen LogP contribution < -0.4 is 10.2 Å². The minimum absolute atomic E-state index is 0.289. The van der Waals surface area contributed by atoms with Gasteiger partial charge in [-0.05, 0) is 13.3 Å². The van der Waals surface area contributed by atoms with Gasteiger partial charge in [0.2, 0.25) is 0 Å². The molecule has 0 radical (unpaired) electrons. The van der Waals surface area contributed by atoms with Crippen molar-refractivity contribution in [2.45, 2.75) is 32.0 Å². The van der Waals surface area contributed by atoms with Crippen LogP contribution in [-0.2, 0) is 16.0 Å². The van der Waals surface area contributed by atoms with E-state index in [1.54, 1.807) is 18.4 Å². The fourth-order valence-electron chi connectivity index (χ4n) is 2.30. The Kier molecular flexibility index (Phi) is 5.57. The van der Waals surface area contributed by atoms with Crippen LogP contribution in [-0.4, -0.2) is 51.0 Å². The minimum atomic E-state index is 0.289. The van der Waals surface area contributed by atoms with Gasteiger partial charge in [-0.25, -0.2) is 4.98 Å². The van der Waals surface area contributed by atoms with Gasteiger partial charge >= 0.3 is 0 Å². The first-order chi connectivity index (χ1) is 9.22. The Balaban J connectivity index is 1.85. The summed E-state index contributed by atoms with van der Waals surface area (Å²) in [6.07, 6.45) is 1.37. The van der Waals surface area contributed by atoms with Crippen LogP contribution in [0.2, 0.25) is 0 Å². The highest BCUT2D eigenvalue weighted by atomic mass is 32.1. The van der Waals surface area contributed by atoms with Crippen molar-refractivity contribution in [1.29, 1.82) is 0 Å². The Hall–Kier alpha value is -0.690. The van der Waals surface area contributed by atoms with E-state index in [2.05, 4.69) is 34.6 Å². The fourth-order valence-corrected chi connectivity index (χ4v) is 3.15. The van der Waals surface area contributed by atoms with E-state index in [1.807, 2.05) is 0 Å². The molecule has 1 N–H and O–H groups in total. The summed E-state index contributed by atoms with van der Waals surface area (Å²) in [7, 11) is 3.82. The number of rotatable bonds is 7. The second-order valence-corrected chi connectivity index (χ2v) is 5.67. The molecule has 0 bridgehead atoms. The van der Waals surface area contributed by atoms with Crippen molar-refractivity contribution in [2.24, 2.45) is 0 Å². The molecule has 0 spiro atoms. The van der Waals surface area contributed by atoms with Crippen LogP contribution in [0.3, 0.4) is 0 Å². The van der Waals surface area contributed by atoms with Crippen LogP contribution in [0.4, 0.5) is 5.13 Å². The first kappa shape index (κ1) is 14.7. The number of thiazole rings is 1. The van der Waals surface area contributed by atoms with Crippen LogP contribution in [0.1, 0.15) is 19.0 Å². The van der Waals surface area contributed by atoms with Crippen molar-refractivity contribution in [2.75, 3.05) is 38.8 Å². The first-order valence-electron chi connectivity index (χ1n) is 6.71. The molecule has 1 aliphatic heterocycles. The van der Waals surface area contributed by atoms with E-state index < -0.39 is 0 Å². The van der Waals surface area contributed by atoms with E-state index >= 15 is 0 Å². The molecule has 0 aromatic carbocycles. The highest BCUT2D eigenvalue weighted by Gasteiger charge is 2.29. The molecule has 2 atom stereocenters. The molecule has 2 rings (SSSR count). The van der Waals surface area contributed by atoms with Crippen molar-refractivity contribution in [3.8, 4) is 0 Å². The van der Waals surface area contributed by atoms with Gasteiger partial charge in [0.1, 0.15) is 0 Å². The number of likely N-dealkylation sites (N-methyl/N-ethyl adjacent to an activating group) is 1. The molecule has 2 unspecified atom stereocenters. The van der Waals surface area contributed by atoms with Crippen LogP contribution in [0.5, 0.6) is 0 Å². The summed E-state index contributed by atoms with van der Waals surface area (Å²) in [5, 5.41) is 6.50. The molecule has 1 aliphatic rings. The molecule has 2 heterocycles. The maximum absolute atomic E-state index is 5.62. The van der Waals surface area contributed by atoms with E-state index in [1.165, 1.54) is 0 Å². The first-order valence-corrected chi connectivity index (χ1v) is 7.59. The Morgan fingerprint density at radius 3 is 3.16 bits per heavy atom. The Morgan fingerprint density at radius 1 is 1.63 bits per heavy atom. The molecule has 0 amide bonds. The molecule has 0 saturated carbocycles. The SMILES string of the molecule is COCCNCc1csc(N(C)C2CCOC2C)n1. The quantitative estimate of drug-likeness (QED) is 0.769. The Morgan fingerprint density at radius 2 is 2.47 bits per heavy atom. The largest absolute Gasteiger partial charge is 0.383 e. The number of aromatic nitrogens is 1. The minimum Gasteiger partial charge on any atom is -0.383 e. The zero-order chi connectivity index (χ0) is 13.7. The smallest absolute Gasteiger partial charge is 0.185 e. The van der Waals surface area contributed by atoms with E-state index in [0.29, 0.717) is 6.04 Å². The molecule has 1 fully saturated rings. The third-order valence-electron chi connectivity index (χ3n) is 3.46. The average molecular weight is 285 g/mol. The summed E-state index contributed by atoms with van der Waals surface area (Å²) in [6.45, 7) is 5.37. The number of hydrogen-bond donors (Lipinski definition) is 1. The second kappa shape index (κ2) is 7.19. The number of nitrogens with zero attached hydrogens (tertiary/aromatic N) is 2. The van der Waals surface area contributed by atoms with Gasteiger partial charge in [-0.3, -0.25) is 0 Å². The van der Waals surface area contributed by atoms with Gasteiger partial charge in [0, 0.05) is 39.2 Å². The molecule has 0 aliphatic carbocycles. The lowest BCUT2D eigenvalue weighted by Gasteiger charge is -2.26. The summed E-state index contributed by atoms with van der Waals surface area (Å²) < 4.78 is 10.6. The van der Waals surface area contributed by atoms with E-state index in [4.69, 9.17) is 9.47 Å². The molecule has 1 aromatic heterocycles. The molecule has 19 heavy (non-hydrogen) atoms. The maximum Gasteiger partial charge on any atom is 0.185 e. The molecule has 5 nitrogen and oxygen atoms in total. The molecule has 1 aromatic rings. The predicted octanol–water partition coefficient (Wildman–Crippen LogP) is 1.49. The molecular weight excluding hydrogens is 262 g/mol. The average Bonchev–Trinajstić information content (AvgIpc) is 3.03. The number of hydrogen-bond acceptors (Lipinski definition) is 6. The number of nitrogens with one attached hydrogen (secondary N) is 1. The van der Waals surface area contributed by atoms with Gasteiger partial charge in [-0.2, -0.15) is 0 Å². The molecular formula is C13H23N3O2S. The lowest BCUT2D eigenvalue weighted by molar-refractivity contribution is 0.118. The van der Waals surface area contributed by atoms with E-state index in [9.17, 15) is 0 Å². The van der Waals surface area contributed by atoms with Gasteiger partial charge < -0.3 is 19.7 Å². The topological polar surface area (TPSA) is 46.6 Å². The third-order valence-corrected chi connectivity index (χ3v) is 4.44. The zero-order valence-corrected chi connectivity index (χ0v) is 12.7. The van der Waals surface area contributed by atoms with Gasteiger partial charge in [0.25, 0.3) is 0 Å². The normalized spacial score (nSPS) is 22.9. The summed E-state index contributed by atoms with van der Waals surface area (Å²) >= 11 is 1.70. The Labute approximate surface area is 118 Å². The van der Waals surface area contributed by atoms with Crippen LogP contribution in [0.15, 0.2) is 5.38 Å². The van der Waals surface area contributed by atoms with Gasteiger partial charge in [-0.1, -0.05) is 0 Å². The highest BCUT2D eigenvalue weighted by molar-refractivity contribution is 7.13. The van der Waals surface area contributed by atoms with Crippen LogP contribution >= 0.6 is 11.3 Å². The molecule has 1 saturated heterocycles. The summed E-state index contributed by atoms with van der Waals surface area (Å²) in [4.78, 5) is 6.92. The summed E-state index contributed by atoms with van der Waals surface area (Å²) in [5.74, 6) is 0. The summed E-state index contributed by atoms with van der Waals surface area (Å²) in [5.41, 5.74) is 1.09. The summed E-state index contributed by atoms with van der Waals surface area (Å²) in [6, 6.07) is 0.445. The highest BCUT2D eigenvalue weighted by Crippen LogP contribution is 2.26. The molecule has 108 valence electrons. The van der Waals surface area contributed by atoms with Gasteiger partial charge in [-0.15, -0.1) is 11.3 Å². The van der Waals surface area contributed by atoms with Crippen molar-refractivity contribution in [3.63, 3.8) is 0 Å². The van der Waals surface area contributed by atoms with E-state index in [-0.39, 0.29) is 6.10 Å². The third kappa shape index (κ3) is 3.89. The van der Waals surface area contributed by atoms with Gasteiger partial charge in [0.05, 0.1) is 24.4 Å². The van der Waals surface area contributed by atoms with Crippen molar-refractivity contribution >= 4 is 16.5 Å². The standard InChI is InChI=1S/C13H23N3O2S/c1-10-12(4-6-18-10)16(2)13-15-11(9-19-13)8-14-5-7-17-3/h9-10,12,14H,4-8H2,1-3H3. The monoisotopic (exact) mass is 285 g/mol. The van der Waals surface area contributed by atoms with Crippen molar-refractivity contribution < 1.29 is 9.47 Å². The van der Waals surface area contributed by atoms with Crippen LogP contribution in [0.25, 0.3) is 0 Å². The van der Waals surface area contributed by atoms with Gasteiger partial charge in [0.15, 0.2) is 5.13 Å². The maximum atomic E-state index is 5.62. The van der Waals surface area contributed by atoms with Crippen molar-refractivity contribution in [1.82, 2.24) is 10.3 Å². The molecule has 6 heteroatoms. The van der Waals surface area contributed by atoms with Crippen LogP contribution in [0, 0.1) is 0 Å². The number of anilines is 1. The zero-order valence-electron chi connectivity index (χ0n) is 11.9. The second-order valence-electron chi connectivity index (χ2n) is 4.83. The van der Waals surface area contributed by atoms with Crippen molar-refractivity contribution in [3.05, 3.63) is 11.1 Å². The Bertz CT molecular complexity index is 386. The lowest BCUT2D eigenvalue weighted by atomic mass is 10.1. The number of methoxy groups -OCH3 is 1. The van der Waals surface area contributed by atoms with E-state index in [0.717, 1.165) is 43.5 Å². The predicted molar refractivity (Wildman–Crippen MR) is 77.9 cm³/mol. The fraction of sp³-hybridized carbons (Fsp3) is 0.769. The number of ether oxygens (including phenoxy) is 2.